The minimum absolute atomic E-state index is 0.187. The van der Waals surface area contributed by atoms with Crippen LogP contribution in [0.1, 0.15) is 11.1 Å². The predicted molar refractivity (Wildman–Crippen MR) is 96.3 cm³/mol. The van der Waals surface area contributed by atoms with Gasteiger partial charge >= 0.3 is 5.97 Å². The number of methoxy groups -OCH3 is 1. The number of aryl methyl sites for hydroxylation is 1. The van der Waals surface area contributed by atoms with Gasteiger partial charge < -0.3 is 14.2 Å². The molecule has 0 atom stereocenters. The maximum atomic E-state index is 12.0. The summed E-state index contributed by atoms with van der Waals surface area (Å²) in [5.41, 5.74) is 1.36. The van der Waals surface area contributed by atoms with E-state index in [1.165, 1.54) is 25.3 Å². The van der Waals surface area contributed by atoms with Crippen LogP contribution in [-0.2, 0) is 4.79 Å². The number of carbonyl (C=O) groups is 1. The van der Waals surface area contributed by atoms with Gasteiger partial charge in [-0.05, 0) is 48.4 Å². The first kappa shape index (κ1) is 19.3. The van der Waals surface area contributed by atoms with Crippen LogP contribution in [0, 0.1) is 17.0 Å². The molecule has 0 aliphatic heterocycles. The number of nitrogens with zero attached hydrogens (tertiary/aromatic N) is 1. The fourth-order valence-corrected chi connectivity index (χ4v) is 2.14. The van der Waals surface area contributed by atoms with Crippen molar-refractivity contribution < 1.29 is 23.9 Å². The smallest absolute Gasteiger partial charge is 0.349 e. The van der Waals surface area contributed by atoms with Crippen molar-refractivity contribution >= 4 is 23.6 Å². The summed E-state index contributed by atoms with van der Waals surface area (Å²) in [5, 5.41) is 11.0. The zero-order valence-electron chi connectivity index (χ0n) is 14.1. The minimum Gasteiger partial charge on any atom is -0.493 e. The molecule has 8 heteroatoms. The number of hydrogen-bond donors (Lipinski definition) is 0. The summed E-state index contributed by atoms with van der Waals surface area (Å²) in [6.45, 7) is 1.53. The lowest BCUT2D eigenvalue weighted by Crippen LogP contribution is -2.18. The highest BCUT2D eigenvalue weighted by atomic mass is 35.5. The van der Waals surface area contributed by atoms with Crippen LogP contribution in [0.2, 0.25) is 5.02 Å². The topological polar surface area (TPSA) is 87.9 Å². The van der Waals surface area contributed by atoms with Gasteiger partial charge in [0.2, 0.25) is 6.20 Å². The molecule has 136 valence electrons. The lowest BCUT2D eigenvalue weighted by atomic mass is 10.2. The number of nitro groups is 1. The largest absolute Gasteiger partial charge is 0.493 e. The van der Waals surface area contributed by atoms with Crippen LogP contribution >= 0.6 is 11.6 Å². The highest BCUT2D eigenvalue weighted by Crippen LogP contribution is 2.29. The van der Waals surface area contributed by atoms with E-state index < -0.39 is 10.9 Å². The fourth-order valence-electron chi connectivity index (χ4n) is 2.02. The molecule has 0 bridgehead atoms. The molecule has 0 unspecified atom stereocenters. The highest BCUT2D eigenvalue weighted by Gasteiger charge is 2.12. The van der Waals surface area contributed by atoms with Gasteiger partial charge in [0.15, 0.2) is 18.1 Å². The first-order chi connectivity index (χ1) is 12.4. The number of benzene rings is 2. The van der Waals surface area contributed by atoms with Crippen molar-refractivity contribution in [2.45, 2.75) is 6.92 Å². The average molecular weight is 378 g/mol. The van der Waals surface area contributed by atoms with E-state index in [2.05, 4.69) is 0 Å². The van der Waals surface area contributed by atoms with Gasteiger partial charge in [0.05, 0.1) is 12.0 Å². The Kier molecular flexibility index (Phi) is 6.57. The molecule has 0 heterocycles. The number of hydrogen-bond acceptors (Lipinski definition) is 6. The van der Waals surface area contributed by atoms with Gasteiger partial charge in [-0.15, -0.1) is 0 Å². The van der Waals surface area contributed by atoms with E-state index in [1.807, 2.05) is 6.92 Å². The molecule has 0 aliphatic carbocycles. The number of ether oxygens (including phenoxy) is 3. The van der Waals surface area contributed by atoms with Crippen molar-refractivity contribution in [3.63, 3.8) is 0 Å². The maximum Gasteiger partial charge on any atom is 0.349 e. The normalized spacial score (nSPS) is 10.6. The Bertz CT molecular complexity index is 850. The second kappa shape index (κ2) is 8.87. The molecule has 0 spiro atoms. The van der Waals surface area contributed by atoms with E-state index in [9.17, 15) is 14.9 Å². The number of halogens is 1. The standard InChI is InChI=1S/C18H16ClNO6/c1-12-9-14(4-5-15(12)19)25-11-18(21)26-16-6-3-13(7-8-20(22)23)10-17(16)24-2/h3-10H,11H2,1-2H3. The predicted octanol–water partition coefficient (Wildman–Crippen LogP) is 3.89. The fraction of sp³-hybridized carbons (Fsp3) is 0.167. The summed E-state index contributed by atoms with van der Waals surface area (Å²) >= 11 is 5.93. The molecule has 2 aromatic rings. The van der Waals surface area contributed by atoms with Crippen LogP contribution < -0.4 is 14.2 Å². The molecule has 26 heavy (non-hydrogen) atoms. The van der Waals surface area contributed by atoms with Gasteiger partial charge in [0, 0.05) is 11.1 Å². The second-order valence-electron chi connectivity index (χ2n) is 5.19. The molecular weight excluding hydrogens is 362 g/mol. The van der Waals surface area contributed by atoms with Gasteiger partial charge in [-0.1, -0.05) is 17.7 Å². The molecule has 0 amide bonds. The lowest BCUT2D eigenvalue weighted by molar-refractivity contribution is -0.400. The van der Waals surface area contributed by atoms with E-state index >= 15 is 0 Å². The van der Waals surface area contributed by atoms with Gasteiger partial charge in [-0.25, -0.2) is 4.79 Å². The first-order valence-electron chi connectivity index (χ1n) is 7.48. The number of carbonyl (C=O) groups excluding carboxylic acids is 1. The third-order valence-corrected chi connectivity index (χ3v) is 3.71. The van der Waals surface area contributed by atoms with Crippen LogP contribution in [-0.4, -0.2) is 24.6 Å². The highest BCUT2D eigenvalue weighted by molar-refractivity contribution is 6.31. The van der Waals surface area contributed by atoms with E-state index in [4.69, 9.17) is 25.8 Å². The van der Waals surface area contributed by atoms with Crippen LogP contribution in [0.15, 0.2) is 42.6 Å². The molecule has 0 aliphatic rings. The van der Waals surface area contributed by atoms with Gasteiger partial charge in [-0.3, -0.25) is 10.1 Å². The molecular formula is C18H16ClNO6. The quantitative estimate of drug-likeness (QED) is 0.315. The molecule has 0 N–H and O–H groups in total. The summed E-state index contributed by atoms with van der Waals surface area (Å²) in [6, 6.07) is 9.62. The summed E-state index contributed by atoms with van der Waals surface area (Å²) < 4.78 is 15.7. The Morgan fingerprint density at radius 1 is 1.23 bits per heavy atom. The van der Waals surface area contributed by atoms with E-state index in [1.54, 1.807) is 24.3 Å². The van der Waals surface area contributed by atoms with Crippen molar-refractivity contribution in [2.24, 2.45) is 0 Å². The number of rotatable bonds is 7. The third-order valence-electron chi connectivity index (χ3n) is 3.29. The Morgan fingerprint density at radius 3 is 2.65 bits per heavy atom. The summed E-state index contributed by atoms with van der Waals surface area (Å²) in [6.07, 6.45) is 2.11. The van der Waals surface area contributed by atoms with Crippen LogP contribution in [0.25, 0.3) is 6.08 Å². The summed E-state index contributed by atoms with van der Waals surface area (Å²) in [7, 11) is 1.40. The van der Waals surface area contributed by atoms with Crippen LogP contribution in [0.4, 0.5) is 0 Å². The molecule has 0 radical (unpaired) electrons. The Labute approximate surface area is 154 Å². The zero-order valence-corrected chi connectivity index (χ0v) is 14.9. The first-order valence-corrected chi connectivity index (χ1v) is 7.86. The van der Waals surface area contributed by atoms with Crippen LogP contribution in [0.5, 0.6) is 17.2 Å². The van der Waals surface area contributed by atoms with E-state index in [0.717, 1.165) is 11.8 Å². The molecule has 2 aromatic carbocycles. The Hall–Kier alpha value is -3.06. The van der Waals surface area contributed by atoms with Crippen molar-refractivity contribution in [1.82, 2.24) is 0 Å². The lowest BCUT2D eigenvalue weighted by Gasteiger charge is -2.11. The monoisotopic (exact) mass is 377 g/mol. The molecule has 0 saturated carbocycles. The molecule has 0 aromatic heterocycles. The third kappa shape index (κ3) is 5.49. The average Bonchev–Trinajstić information content (AvgIpc) is 2.61. The molecule has 0 saturated heterocycles. The van der Waals surface area contributed by atoms with Crippen molar-refractivity contribution in [3.05, 3.63) is 68.9 Å². The van der Waals surface area contributed by atoms with Gasteiger partial charge in [0.25, 0.3) is 0 Å². The van der Waals surface area contributed by atoms with E-state index in [-0.39, 0.29) is 18.1 Å². The van der Waals surface area contributed by atoms with Crippen molar-refractivity contribution in [1.29, 1.82) is 0 Å². The van der Waals surface area contributed by atoms with E-state index in [0.29, 0.717) is 16.3 Å². The summed E-state index contributed by atoms with van der Waals surface area (Å²) in [5.74, 6) is 0.332. The van der Waals surface area contributed by atoms with Crippen molar-refractivity contribution in [3.8, 4) is 17.2 Å². The van der Waals surface area contributed by atoms with Crippen molar-refractivity contribution in [2.75, 3.05) is 13.7 Å². The molecule has 0 fully saturated rings. The van der Waals surface area contributed by atoms with Gasteiger partial charge in [0.1, 0.15) is 5.75 Å². The Balaban J connectivity index is 2.01. The zero-order chi connectivity index (χ0) is 19.1. The second-order valence-corrected chi connectivity index (χ2v) is 5.59. The van der Waals surface area contributed by atoms with Crippen LogP contribution in [0.3, 0.4) is 0 Å². The summed E-state index contributed by atoms with van der Waals surface area (Å²) in [4.78, 5) is 21.8. The number of esters is 1. The Morgan fingerprint density at radius 2 is 2.00 bits per heavy atom. The minimum atomic E-state index is -0.621. The van der Waals surface area contributed by atoms with Gasteiger partial charge in [-0.2, -0.15) is 0 Å². The molecule has 7 nitrogen and oxygen atoms in total. The molecule has 2 rings (SSSR count). The maximum absolute atomic E-state index is 12.0. The SMILES string of the molecule is COc1cc(C=C[N+](=O)[O-])ccc1OC(=O)COc1ccc(Cl)c(C)c1.